The van der Waals surface area contributed by atoms with Crippen LogP contribution in [0.4, 0.5) is 0 Å². The quantitative estimate of drug-likeness (QED) is 0.892. The molecule has 1 aromatic carbocycles. The summed E-state index contributed by atoms with van der Waals surface area (Å²) in [7, 11) is 0. The average Bonchev–Trinajstić information content (AvgIpc) is 2.92. The lowest BCUT2D eigenvalue weighted by atomic mass is 9.83. The predicted molar refractivity (Wildman–Crippen MR) is 91.9 cm³/mol. The molecule has 3 N–H and O–H groups in total. The van der Waals surface area contributed by atoms with Crippen molar-refractivity contribution in [3.8, 4) is 0 Å². The number of nitrogens with one attached hydrogen (secondary N) is 1. The maximum Gasteiger partial charge on any atom is 0.111 e. The van der Waals surface area contributed by atoms with E-state index in [0.717, 1.165) is 22.8 Å². The van der Waals surface area contributed by atoms with Crippen LogP contribution in [-0.4, -0.2) is 41.0 Å². The van der Waals surface area contributed by atoms with Crippen LogP contribution in [0.25, 0.3) is 11.0 Å². The molecule has 0 radical (unpaired) electrons. The van der Waals surface area contributed by atoms with Gasteiger partial charge in [-0.1, -0.05) is 26.0 Å². The van der Waals surface area contributed by atoms with E-state index in [2.05, 4.69) is 35.9 Å². The number of para-hydroxylation sites is 2. The topological polar surface area (TPSA) is 57.9 Å². The van der Waals surface area contributed by atoms with E-state index in [1.54, 1.807) is 0 Å². The van der Waals surface area contributed by atoms with Crippen LogP contribution in [-0.2, 0) is 0 Å². The molecule has 1 atom stereocenters. The Hall–Kier alpha value is -1.39. The summed E-state index contributed by atoms with van der Waals surface area (Å²) in [6, 6.07) is 8.24. The molecule has 2 heterocycles. The van der Waals surface area contributed by atoms with Gasteiger partial charge in [-0.15, -0.1) is 0 Å². The van der Waals surface area contributed by atoms with Crippen LogP contribution in [0.2, 0.25) is 0 Å². The number of piperidine rings is 1. The summed E-state index contributed by atoms with van der Waals surface area (Å²) in [5, 5.41) is 0. The lowest BCUT2D eigenvalue weighted by Gasteiger charge is -2.35. The molecule has 3 rings (SSSR count). The van der Waals surface area contributed by atoms with E-state index in [4.69, 9.17) is 10.7 Å². The normalized spacial score (nSPS) is 19.1. The molecule has 1 aliphatic rings. The number of rotatable bonds is 5. The highest BCUT2D eigenvalue weighted by Crippen LogP contribution is 2.31. The second-order valence-electron chi connectivity index (χ2n) is 7.01. The highest BCUT2D eigenvalue weighted by molar-refractivity contribution is 5.74. The summed E-state index contributed by atoms with van der Waals surface area (Å²) in [6.07, 6.45) is 2.46. The number of benzene rings is 1. The standard InChI is InChI=1S/C18H28N4/c1-13(2)12-22-9-7-14(8-10-22)15(11-19)18-20-16-5-3-4-6-17(16)21-18/h3-6,13-15H,7-12,19H2,1-2H3,(H,20,21). The zero-order chi connectivity index (χ0) is 15.5. The number of nitrogens with two attached hydrogens (primary N) is 1. The molecule has 1 unspecified atom stereocenters. The first kappa shape index (κ1) is 15.5. The molecular weight excluding hydrogens is 272 g/mol. The molecule has 0 aliphatic carbocycles. The largest absolute Gasteiger partial charge is 0.342 e. The molecule has 4 nitrogen and oxygen atoms in total. The molecule has 4 heteroatoms. The third-order valence-corrected chi connectivity index (χ3v) is 4.84. The molecule has 22 heavy (non-hydrogen) atoms. The Kier molecular flexibility index (Phi) is 4.79. The molecule has 1 aliphatic heterocycles. The van der Waals surface area contributed by atoms with Gasteiger partial charge in [0.15, 0.2) is 0 Å². The third kappa shape index (κ3) is 3.33. The van der Waals surface area contributed by atoms with Gasteiger partial charge in [0, 0.05) is 19.0 Å². The van der Waals surface area contributed by atoms with Crippen molar-refractivity contribution in [1.82, 2.24) is 14.9 Å². The number of fused-ring (bicyclic) bond motifs is 1. The molecule has 0 bridgehead atoms. The molecule has 1 saturated heterocycles. The minimum atomic E-state index is 0.355. The highest BCUT2D eigenvalue weighted by Gasteiger charge is 2.28. The van der Waals surface area contributed by atoms with Crippen molar-refractivity contribution in [2.24, 2.45) is 17.6 Å². The van der Waals surface area contributed by atoms with Crippen molar-refractivity contribution in [1.29, 1.82) is 0 Å². The van der Waals surface area contributed by atoms with Crippen LogP contribution in [0, 0.1) is 11.8 Å². The Morgan fingerprint density at radius 1 is 1.27 bits per heavy atom. The van der Waals surface area contributed by atoms with Crippen molar-refractivity contribution in [3.05, 3.63) is 30.1 Å². The van der Waals surface area contributed by atoms with Gasteiger partial charge in [0.1, 0.15) is 5.82 Å². The minimum absolute atomic E-state index is 0.355. The third-order valence-electron chi connectivity index (χ3n) is 4.84. The first-order chi connectivity index (χ1) is 10.7. The fraction of sp³-hybridized carbons (Fsp3) is 0.611. The lowest BCUT2D eigenvalue weighted by Crippen LogP contribution is -2.39. The zero-order valence-electron chi connectivity index (χ0n) is 13.8. The van der Waals surface area contributed by atoms with Gasteiger partial charge in [0.05, 0.1) is 11.0 Å². The van der Waals surface area contributed by atoms with Crippen molar-refractivity contribution in [2.45, 2.75) is 32.6 Å². The van der Waals surface area contributed by atoms with Crippen LogP contribution in [0.3, 0.4) is 0 Å². The lowest BCUT2D eigenvalue weighted by molar-refractivity contribution is 0.153. The Balaban J connectivity index is 1.69. The van der Waals surface area contributed by atoms with E-state index in [9.17, 15) is 0 Å². The molecule has 2 aromatic rings. The van der Waals surface area contributed by atoms with Gasteiger partial charge in [-0.05, 0) is 49.9 Å². The number of hydrogen-bond acceptors (Lipinski definition) is 3. The van der Waals surface area contributed by atoms with Crippen molar-refractivity contribution >= 4 is 11.0 Å². The predicted octanol–water partition coefficient (Wildman–Crippen LogP) is 2.97. The zero-order valence-corrected chi connectivity index (χ0v) is 13.8. The summed E-state index contributed by atoms with van der Waals surface area (Å²) >= 11 is 0. The fourth-order valence-electron chi connectivity index (χ4n) is 3.73. The first-order valence-electron chi connectivity index (χ1n) is 8.54. The van der Waals surface area contributed by atoms with E-state index in [-0.39, 0.29) is 0 Å². The van der Waals surface area contributed by atoms with Crippen LogP contribution >= 0.6 is 0 Å². The van der Waals surface area contributed by atoms with Gasteiger partial charge in [0.25, 0.3) is 0 Å². The van der Waals surface area contributed by atoms with Gasteiger partial charge < -0.3 is 15.6 Å². The molecule has 120 valence electrons. The highest BCUT2D eigenvalue weighted by atomic mass is 15.1. The first-order valence-corrected chi connectivity index (χ1v) is 8.54. The SMILES string of the molecule is CC(C)CN1CCC(C(CN)c2nc3ccccc3[nH]2)CC1. The Morgan fingerprint density at radius 3 is 2.64 bits per heavy atom. The summed E-state index contributed by atoms with van der Waals surface area (Å²) in [6.45, 7) is 8.87. The van der Waals surface area contributed by atoms with Crippen molar-refractivity contribution in [3.63, 3.8) is 0 Å². The summed E-state index contributed by atoms with van der Waals surface area (Å²) in [4.78, 5) is 10.9. The van der Waals surface area contributed by atoms with Crippen molar-refractivity contribution in [2.75, 3.05) is 26.2 Å². The fourth-order valence-corrected chi connectivity index (χ4v) is 3.73. The van der Waals surface area contributed by atoms with Gasteiger partial charge in [-0.3, -0.25) is 0 Å². The van der Waals surface area contributed by atoms with Crippen LogP contribution in [0.5, 0.6) is 0 Å². The number of aromatic amines is 1. The van der Waals surface area contributed by atoms with E-state index < -0.39 is 0 Å². The molecule has 0 amide bonds. The maximum atomic E-state index is 6.10. The molecular formula is C18H28N4. The van der Waals surface area contributed by atoms with Gasteiger partial charge in [-0.25, -0.2) is 4.98 Å². The van der Waals surface area contributed by atoms with Crippen LogP contribution in [0.1, 0.15) is 38.4 Å². The minimum Gasteiger partial charge on any atom is -0.342 e. The number of H-pyrrole nitrogens is 1. The van der Waals surface area contributed by atoms with Gasteiger partial charge in [0.2, 0.25) is 0 Å². The van der Waals surface area contributed by atoms with Crippen molar-refractivity contribution < 1.29 is 0 Å². The Labute approximate surface area is 133 Å². The van der Waals surface area contributed by atoms with Crippen LogP contribution in [0.15, 0.2) is 24.3 Å². The average molecular weight is 300 g/mol. The van der Waals surface area contributed by atoms with E-state index in [0.29, 0.717) is 18.4 Å². The number of imidazole rings is 1. The number of likely N-dealkylation sites (tertiary alicyclic amines) is 1. The summed E-state index contributed by atoms with van der Waals surface area (Å²) in [5.74, 6) is 2.82. The number of hydrogen-bond donors (Lipinski definition) is 2. The summed E-state index contributed by atoms with van der Waals surface area (Å²) < 4.78 is 0. The Bertz CT molecular complexity index is 563. The summed E-state index contributed by atoms with van der Waals surface area (Å²) in [5.41, 5.74) is 8.27. The molecule has 1 aromatic heterocycles. The maximum absolute atomic E-state index is 6.10. The van der Waals surface area contributed by atoms with Gasteiger partial charge in [-0.2, -0.15) is 0 Å². The monoisotopic (exact) mass is 300 g/mol. The van der Waals surface area contributed by atoms with Crippen LogP contribution < -0.4 is 5.73 Å². The number of nitrogens with zero attached hydrogens (tertiary/aromatic N) is 2. The molecule has 0 spiro atoms. The smallest absolute Gasteiger partial charge is 0.111 e. The van der Waals surface area contributed by atoms with Gasteiger partial charge >= 0.3 is 0 Å². The van der Waals surface area contributed by atoms with E-state index >= 15 is 0 Å². The second-order valence-corrected chi connectivity index (χ2v) is 7.01. The second kappa shape index (κ2) is 6.80. The Morgan fingerprint density at radius 2 is 2.00 bits per heavy atom. The van der Waals surface area contributed by atoms with E-state index in [1.165, 1.54) is 32.5 Å². The number of aromatic nitrogens is 2. The molecule has 1 fully saturated rings. The van der Waals surface area contributed by atoms with E-state index in [1.807, 2.05) is 12.1 Å². The molecule has 0 saturated carbocycles.